The molecule has 0 amide bonds. The number of fused-ring (bicyclic) bond motifs is 6. The fraction of sp³-hybridized carbons (Fsp3) is 0.0286. The van der Waals surface area contributed by atoms with Gasteiger partial charge in [0.25, 0.3) is 0 Å². The van der Waals surface area contributed by atoms with Gasteiger partial charge in [-0.3, -0.25) is 0 Å². The van der Waals surface area contributed by atoms with Gasteiger partial charge >= 0.3 is 5.95 Å². The molecule has 2 heterocycles. The Labute approximate surface area is 220 Å². The normalized spacial score (nSPS) is 11.8. The summed E-state index contributed by atoms with van der Waals surface area (Å²) in [7, 11) is 0. The lowest BCUT2D eigenvalue weighted by Gasteiger charge is -2.12. The van der Waals surface area contributed by atoms with Crippen molar-refractivity contribution in [3.63, 3.8) is 0 Å². The Morgan fingerprint density at radius 3 is 1.97 bits per heavy atom. The maximum absolute atomic E-state index is 5.28. The first-order valence-electron chi connectivity index (χ1n) is 13.0. The third-order valence-corrected chi connectivity index (χ3v) is 7.81. The minimum atomic E-state index is 0.882. The summed E-state index contributed by atoms with van der Waals surface area (Å²) in [5.41, 5.74) is 12.0. The van der Waals surface area contributed by atoms with E-state index in [0.717, 1.165) is 28.1 Å². The average Bonchev–Trinajstić information content (AvgIpc) is 3.21. The van der Waals surface area contributed by atoms with E-state index in [1.54, 1.807) is 0 Å². The predicted molar refractivity (Wildman–Crippen MR) is 155 cm³/mol. The van der Waals surface area contributed by atoms with E-state index in [-0.39, 0.29) is 0 Å². The molecule has 38 heavy (non-hydrogen) atoms. The summed E-state index contributed by atoms with van der Waals surface area (Å²) < 4.78 is 4.56. The van der Waals surface area contributed by atoms with Crippen molar-refractivity contribution < 1.29 is 4.57 Å². The third kappa shape index (κ3) is 2.90. The maximum Gasteiger partial charge on any atom is 0.409 e. The van der Waals surface area contributed by atoms with Crippen molar-refractivity contribution in [3.05, 3.63) is 133 Å². The third-order valence-electron chi connectivity index (χ3n) is 7.81. The molecule has 0 radical (unpaired) electrons. The summed E-state index contributed by atoms with van der Waals surface area (Å²) in [5.74, 6) is 0.882. The molecule has 7 aromatic rings. The van der Waals surface area contributed by atoms with Crippen LogP contribution in [0, 0.1) is 6.92 Å². The average molecular weight is 487 g/mol. The lowest BCUT2D eigenvalue weighted by atomic mass is 9.94. The molecule has 0 saturated heterocycles. The van der Waals surface area contributed by atoms with E-state index >= 15 is 0 Å². The fourth-order valence-electron chi connectivity index (χ4n) is 6.16. The van der Waals surface area contributed by atoms with Crippen LogP contribution in [0.25, 0.3) is 66.8 Å². The van der Waals surface area contributed by atoms with E-state index in [1.165, 1.54) is 44.5 Å². The van der Waals surface area contributed by atoms with Crippen LogP contribution in [0.15, 0.2) is 128 Å². The highest BCUT2D eigenvalue weighted by Crippen LogP contribution is 2.49. The van der Waals surface area contributed by atoms with Crippen molar-refractivity contribution >= 4 is 21.8 Å². The van der Waals surface area contributed by atoms with E-state index in [0.29, 0.717) is 0 Å². The van der Waals surface area contributed by atoms with E-state index in [4.69, 9.17) is 4.98 Å². The van der Waals surface area contributed by atoms with Gasteiger partial charge in [0.1, 0.15) is 11.2 Å². The first-order chi connectivity index (χ1) is 18.8. The Bertz CT molecular complexity index is 2030. The van der Waals surface area contributed by atoms with Crippen molar-refractivity contribution in [3.8, 4) is 45.0 Å². The molecule has 0 saturated carbocycles. The number of rotatable bonds is 2. The van der Waals surface area contributed by atoms with Crippen LogP contribution in [0.4, 0.5) is 0 Å². The Balaban J connectivity index is 1.55. The molecule has 0 fully saturated rings. The van der Waals surface area contributed by atoms with Gasteiger partial charge in [-0.25, -0.2) is 4.57 Å². The molecule has 1 aliphatic rings. The lowest BCUT2D eigenvalue weighted by molar-refractivity contribution is -0.591. The zero-order chi connectivity index (χ0) is 25.2. The van der Waals surface area contributed by atoms with Crippen LogP contribution >= 0.6 is 0 Å². The summed E-state index contributed by atoms with van der Waals surface area (Å²) in [5, 5.41) is 2.38. The molecule has 178 valence electrons. The number of nitrogens with zero attached hydrogens (tertiary/aromatic N) is 3. The van der Waals surface area contributed by atoms with Crippen molar-refractivity contribution in [1.82, 2.24) is 9.55 Å². The van der Waals surface area contributed by atoms with Crippen LogP contribution in [-0.4, -0.2) is 9.55 Å². The molecule has 3 heteroatoms. The minimum absolute atomic E-state index is 0.882. The largest absolute Gasteiger partial charge is 0.409 e. The molecule has 0 N–H and O–H groups in total. The van der Waals surface area contributed by atoms with E-state index in [2.05, 4.69) is 144 Å². The predicted octanol–water partition coefficient (Wildman–Crippen LogP) is 8.08. The van der Waals surface area contributed by atoms with Crippen LogP contribution < -0.4 is 4.57 Å². The highest BCUT2D eigenvalue weighted by molar-refractivity contribution is 6.14. The molecular weight excluding hydrogens is 462 g/mol. The molecule has 0 bridgehead atoms. The van der Waals surface area contributed by atoms with Crippen molar-refractivity contribution in [1.29, 1.82) is 0 Å². The van der Waals surface area contributed by atoms with Crippen LogP contribution in [-0.2, 0) is 0 Å². The van der Waals surface area contributed by atoms with Crippen LogP contribution in [0.3, 0.4) is 0 Å². The smallest absolute Gasteiger partial charge is 0.201 e. The minimum Gasteiger partial charge on any atom is -0.201 e. The Morgan fingerprint density at radius 1 is 0.579 bits per heavy atom. The van der Waals surface area contributed by atoms with Gasteiger partial charge in [-0.1, -0.05) is 96.0 Å². The number of hydrogen-bond acceptors (Lipinski definition) is 1. The molecule has 3 nitrogen and oxygen atoms in total. The summed E-state index contributed by atoms with van der Waals surface area (Å²) in [6, 6.07) is 43.1. The number of hydrogen-bond donors (Lipinski definition) is 0. The summed E-state index contributed by atoms with van der Waals surface area (Å²) >= 11 is 0. The summed E-state index contributed by atoms with van der Waals surface area (Å²) in [6.07, 6.45) is 2.21. The molecular formula is C35H24N3+. The van der Waals surface area contributed by atoms with Gasteiger partial charge in [0.2, 0.25) is 0 Å². The quantitative estimate of drug-likeness (QED) is 0.226. The number of benzene rings is 5. The molecule has 2 aromatic heterocycles. The second-order valence-corrected chi connectivity index (χ2v) is 9.89. The molecule has 8 rings (SSSR count). The first kappa shape index (κ1) is 21.1. The van der Waals surface area contributed by atoms with Gasteiger partial charge in [0.15, 0.2) is 5.52 Å². The van der Waals surface area contributed by atoms with Crippen LogP contribution in [0.5, 0.6) is 0 Å². The lowest BCUT2D eigenvalue weighted by Crippen LogP contribution is -2.37. The molecule has 0 aliphatic heterocycles. The van der Waals surface area contributed by atoms with Gasteiger partial charge in [-0.15, -0.1) is 0 Å². The van der Waals surface area contributed by atoms with E-state index in [9.17, 15) is 0 Å². The second kappa shape index (κ2) is 7.99. The van der Waals surface area contributed by atoms with Gasteiger partial charge < -0.3 is 0 Å². The Kier molecular flexibility index (Phi) is 4.44. The Hall–Kier alpha value is -5.02. The number of aromatic nitrogens is 3. The van der Waals surface area contributed by atoms with Gasteiger partial charge in [-0.05, 0) is 65.1 Å². The first-order valence-corrected chi connectivity index (χ1v) is 13.0. The topological polar surface area (TPSA) is 21.7 Å². The molecule has 0 atom stereocenters. The van der Waals surface area contributed by atoms with Crippen LogP contribution in [0.1, 0.15) is 5.69 Å². The summed E-state index contributed by atoms with van der Waals surface area (Å²) in [6.45, 7) is 2.23. The molecule has 0 spiro atoms. The van der Waals surface area contributed by atoms with Gasteiger partial charge in [0, 0.05) is 16.3 Å². The maximum atomic E-state index is 5.28. The highest BCUT2D eigenvalue weighted by Gasteiger charge is 2.31. The zero-order valence-corrected chi connectivity index (χ0v) is 21.0. The van der Waals surface area contributed by atoms with Crippen LogP contribution in [0.2, 0.25) is 0 Å². The second-order valence-electron chi connectivity index (χ2n) is 9.89. The molecule has 5 aromatic carbocycles. The SMILES string of the molecule is Cc1c2c3c(cccc3n1-c1nc3ccccc3c[n+]1-c1ccccc1)-c1ccccc1-c1ccccc1-2. The fourth-order valence-corrected chi connectivity index (χ4v) is 6.16. The van der Waals surface area contributed by atoms with E-state index in [1.807, 2.05) is 0 Å². The van der Waals surface area contributed by atoms with Crippen molar-refractivity contribution in [2.75, 3.05) is 0 Å². The summed E-state index contributed by atoms with van der Waals surface area (Å²) in [4.78, 5) is 5.28. The zero-order valence-electron chi connectivity index (χ0n) is 21.0. The number of para-hydroxylation sites is 2. The molecule has 1 aliphatic carbocycles. The standard InChI is InChI=1S/C35H24N3/c1-23-33-29-18-9-8-16-27(29)26-15-6-7-17-28(26)30-19-11-21-32(34(30)33)38(23)35-36-31-20-10-5-12-24(31)22-37(35)25-13-3-2-4-14-25/h2-22H,1H3/q+1. The van der Waals surface area contributed by atoms with Gasteiger partial charge in [-0.2, -0.15) is 4.57 Å². The van der Waals surface area contributed by atoms with E-state index < -0.39 is 0 Å². The molecule has 0 unspecified atom stereocenters. The van der Waals surface area contributed by atoms with Crippen molar-refractivity contribution in [2.45, 2.75) is 6.92 Å². The van der Waals surface area contributed by atoms with Crippen molar-refractivity contribution in [2.24, 2.45) is 0 Å². The Morgan fingerprint density at radius 2 is 1.18 bits per heavy atom. The highest BCUT2D eigenvalue weighted by atomic mass is 15.2. The van der Waals surface area contributed by atoms with Gasteiger partial charge in [0.05, 0.1) is 11.9 Å². The monoisotopic (exact) mass is 486 g/mol.